The molecular weight excluding hydrogens is 441 g/mol. The molecule has 0 aliphatic carbocycles. The van der Waals surface area contributed by atoms with Crippen molar-refractivity contribution in [1.82, 2.24) is 9.88 Å². The predicted octanol–water partition coefficient (Wildman–Crippen LogP) is 1.93. The summed E-state index contributed by atoms with van der Waals surface area (Å²) < 4.78 is 5.25. The Balaban J connectivity index is 0.00000288. The normalized spacial score (nSPS) is 15.9. The number of aromatic nitrogens is 1. The van der Waals surface area contributed by atoms with Crippen molar-refractivity contribution in [3.63, 3.8) is 0 Å². The maximum Gasteiger partial charge on any atom is 0.308 e. The molecule has 0 aromatic carbocycles. The average Bonchev–Trinajstić information content (AvgIpc) is 2.99. The van der Waals surface area contributed by atoms with E-state index in [0.29, 0.717) is 12.5 Å². The predicted molar refractivity (Wildman–Crippen MR) is 108 cm³/mol. The molecule has 1 aromatic heterocycles. The van der Waals surface area contributed by atoms with E-state index >= 15 is 0 Å². The Bertz CT molecular complexity index is 537. The molecule has 1 aliphatic heterocycles. The highest BCUT2D eigenvalue weighted by atomic mass is 127. The summed E-state index contributed by atoms with van der Waals surface area (Å²) in [5, 5.41) is 3.03. The fraction of sp³-hybridized carbons (Fsp3) is 0.667. The first-order valence-electron chi connectivity index (χ1n) is 7.76. The highest BCUT2D eigenvalue weighted by molar-refractivity contribution is 14.0. The Morgan fingerprint density at radius 3 is 2.58 bits per heavy atom. The molecule has 0 spiro atoms. The molecule has 0 saturated carbocycles. The molecule has 7 nitrogen and oxygen atoms in total. The SMILES string of the molecule is CC(C)(C)OC(=O)CCN=C(N)N1CCN(c2nccs2)CC1.I. The van der Waals surface area contributed by atoms with Crippen LogP contribution in [0.25, 0.3) is 0 Å². The monoisotopic (exact) mass is 467 g/mol. The molecule has 0 radical (unpaired) electrons. The Morgan fingerprint density at radius 1 is 1.38 bits per heavy atom. The summed E-state index contributed by atoms with van der Waals surface area (Å²) in [7, 11) is 0. The van der Waals surface area contributed by atoms with Gasteiger partial charge < -0.3 is 20.3 Å². The number of hydrogen-bond acceptors (Lipinski definition) is 6. The van der Waals surface area contributed by atoms with Crippen LogP contribution in [0, 0.1) is 0 Å². The van der Waals surface area contributed by atoms with Crippen molar-refractivity contribution in [3.8, 4) is 0 Å². The second kappa shape index (κ2) is 9.40. The minimum absolute atomic E-state index is 0. The third-order valence-electron chi connectivity index (χ3n) is 3.30. The number of hydrogen-bond donors (Lipinski definition) is 1. The number of piperazine rings is 1. The van der Waals surface area contributed by atoms with Gasteiger partial charge >= 0.3 is 5.97 Å². The van der Waals surface area contributed by atoms with Crippen LogP contribution in [0.3, 0.4) is 0 Å². The topological polar surface area (TPSA) is 84.0 Å². The maximum absolute atomic E-state index is 11.6. The summed E-state index contributed by atoms with van der Waals surface area (Å²) in [4.78, 5) is 24.5. The molecule has 9 heteroatoms. The van der Waals surface area contributed by atoms with E-state index in [1.165, 1.54) is 0 Å². The molecule has 2 N–H and O–H groups in total. The van der Waals surface area contributed by atoms with Gasteiger partial charge in [-0.2, -0.15) is 0 Å². The number of carbonyl (C=O) groups is 1. The number of anilines is 1. The van der Waals surface area contributed by atoms with Gasteiger partial charge in [0.25, 0.3) is 0 Å². The Kier molecular flexibility index (Phi) is 8.20. The highest BCUT2D eigenvalue weighted by Crippen LogP contribution is 2.18. The van der Waals surface area contributed by atoms with Gasteiger partial charge in [0.1, 0.15) is 5.60 Å². The number of esters is 1. The molecule has 0 amide bonds. The largest absolute Gasteiger partial charge is 0.460 e. The van der Waals surface area contributed by atoms with Crippen molar-refractivity contribution in [3.05, 3.63) is 11.6 Å². The third kappa shape index (κ3) is 6.80. The summed E-state index contributed by atoms with van der Waals surface area (Å²) in [6, 6.07) is 0. The number of ether oxygens (including phenoxy) is 1. The Morgan fingerprint density at radius 2 is 2.04 bits per heavy atom. The molecule has 136 valence electrons. The Labute approximate surface area is 164 Å². The lowest BCUT2D eigenvalue weighted by Crippen LogP contribution is -2.51. The summed E-state index contributed by atoms with van der Waals surface area (Å²) in [5.41, 5.74) is 5.56. The zero-order valence-corrected chi connectivity index (χ0v) is 17.5. The molecule has 0 unspecified atom stereocenters. The minimum atomic E-state index is -0.460. The van der Waals surface area contributed by atoms with Crippen LogP contribution in [0.1, 0.15) is 27.2 Å². The molecule has 0 bridgehead atoms. The van der Waals surface area contributed by atoms with Crippen molar-refractivity contribution in [2.75, 3.05) is 37.6 Å². The lowest BCUT2D eigenvalue weighted by Gasteiger charge is -2.35. The van der Waals surface area contributed by atoms with Gasteiger partial charge in [-0.15, -0.1) is 35.3 Å². The summed E-state index contributed by atoms with van der Waals surface area (Å²) in [6.45, 7) is 9.27. The van der Waals surface area contributed by atoms with Gasteiger partial charge in [-0.05, 0) is 20.8 Å². The van der Waals surface area contributed by atoms with Crippen LogP contribution < -0.4 is 10.6 Å². The first-order valence-corrected chi connectivity index (χ1v) is 8.64. The maximum atomic E-state index is 11.6. The second-order valence-corrected chi connectivity index (χ2v) is 7.24. The van der Waals surface area contributed by atoms with Crippen molar-refractivity contribution in [2.45, 2.75) is 32.8 Å². The number of nitrogens with zero attached hydrogens (tertiary/aromatic N) is 4. The molecule has 1 saturated heterocycles. The number of halogens is 1. The first-order chi connectivity index (χ1) is 10.8. The van der Waals surface area contributed by atoms with Gasteiger partial charge in [0, 0.05) is 37.8 Å². The first kappa shape index (κ1) is 20.9. The zero-order chi connectivity index (χ0) is 16.9. The molecule has 2 rings (SSSR count). The van der Waals surface area contributed by atoms with E-state index in [4.69, 9.17) is 10.5 Å². The number of thiazole rings is 1. The number of rotatable bonds is 4. The summed E-state index contributed by atoms with van der Waals surface area (Å²) in [5.74, 6) is 0.245. The molecular formula is C15H26IN5O2S. The fourth-order valence-electron chi connectivity index (χ4n) is 2.25. The standard InChI is InChI=1S/C15H25N5O2S.HI/c1-15(2,3)22-12(21)4-5-17-13(16)19-7-9-20(10-8-19)14-18-6-11-23-14;/h6,11H,4-5,7-10H2,1-3H3,(H2,16,17);1H. The molecule has 24 heavy (non-hydrogen) atoms. The van der Waals surface area contributed by atoms with Crippen LogP contribution >= 0.6 is 35.3 Å². The minimum Gasteiger partial charge on any atom is -0.460 e. The molecule has 1 fully saturated rings. The Hall–Kier alpha value is -1.10. The van der Waals surface area contributed by atoms with Gasteiger partial charge in [-0.1, -0.05) is 0 Å². The third-order valence-corrected chi connectivity index (χ3v) is 4.14. The van der Waals surface area contributed by atoms with Crippen LogP contribution in [0.4, 0.5) is 5.13 Å². The van der Waals surface area contributed by atoms with Gasteiger partial charge in [-0.25, -0.2) is 4.98 Å². The van der Waals surface area contributed by atoms with Gasteiger partial charge in [0.05, 0.1) is 13.0 Å². The van der Waals surface area contributed by atoms with Crippen LogP contribution in [-0.4, -0.2) is 60.1 Å². The molecule has 0 atom stereocenters. The van der Waals surface area contributed by atoms with Crippen molar-refractivity contribution in [2.24, 2.45) is 10.7 Å². The zero-order valence-electron chi connectivity index (χ0n) is 14.4. The lowest BCUT2D eigenvalue weighted by molar-refractivity contribution is -0.154. The van der Waals surface area contributed by atoms with Gasteiger partial charge in [-0.3, -0.25) is 9.79 Å². The highest BCUT2D eigenvalue weighted by Gasteiger charge is 2.20. The van der Waals surface area contributed by atoms with E-state index < -0.39 is 5.60 Å². The van der Waals surface area contributed by atoms with Crippen LogP contribution in [0.2, 0.25) is 0 Å². The smallest absolute Gasteiger partial charge is 0.308 e. The van der Waals surface area contributed by atoms with E-state index in [-0.39, 0.29) is 36.4 Å². The fourth-order valence-corrected chi connectivity index (χ4v) is 2.95. The summed E-state index contributed by atoms with van der Waals surface area (Å²) in [6.07, 6.45) is 2.07. The lowest BCUT2D eigenvalue weighted by atomic mass is 10.2. The number of guanidine groups is 1. The van der Waals surface area contributed by atoms with E-state index in [2.05, 4.69) is 14.9 Å². The van der Waals surface area contributed by atoms with Crippen LogP contribution in [0.15, 0.2) is 16.6 Å². The molecule has 2 heterocycles. The van der Waals surface area contributed by atoms with Gasteiger partial charge in [0.15, 0.2) is 11.1 Å². The number of carbonyl (C=O) groups excluding carboxylic acids is 1. The second-order valence-electron chi connectivity index (χ2n) is 6.37. The van der Waals surface area contributed by atoms with Crippen LogP contribution in [0.5, 0.6) is 0 Å². The number of aliphatic imine (C=N–C) groups is 1. The summed E-state index contributed by atoms with van der Waals surface area (Å²) >= 11 is 1.64. The number of nitrogens with two attached hydrogens (primary N) is 1. The van der Waals surface area contributed by atoms with E-state index in [1.54, 1.807) is 11.3 Å². The van der Waals surface area contributed by atoms with Crippen molar-refractivity contribution >= 4 is 52.4 Å². The van der Waals surface area contributed by atoms with Gasteiger partial charge in [0.2, 0.25) is 0 Å². The quantitative estimate of drug-likeness (QED) is 0.316. The van der Waals surface area contributed by atoms with Crippen molar-refractivity contribution in [1.29, 1.82) is 0 Å². The van der Waals surface area contributed by atoms with Crippen LogP contribution in [-0.2, 0) is 9.53 Å². The molecule has 1 aromatic rings. The van der Waals surface area contributed by atoms with E-state index in [0.717, 1.165) is 31.3 Å². The molecule has 1 aliphatic rings. The van der Waals surface area contributed by atoms with E-state index in [9.17, 15) is 4.79 Å². The average molecular weight is 467 g/mol. The van der Waals surface area contributed by atoms with Crippen molar-refractivity contribution < 1.29 is 9.53 Å². The van der Waals surface area contributed by atoms with E-state index in [1.807, 2.05) is 37.2 Å².